The molecule has 0 amide bonds. The lowest BCUT2D eigenvalue weighted by Gasteiger charge is -2.27. The molecule has 0 bridgehead atoms. The smallest absolute Gasteiger partial charge is 0.0468 e. The van der Waals surface area contributed by atoms with Crippen LogP contribution in [-0.4, -0.2) is 0 Å². The van der Waals surface area contributed by atoms with Crippen LogP contribution in [0.2, 0.25) is 0 Å². The number of benzene rings is 12. The van der Waals surface area contributed by atoms with Gasteiger partial charge in [0.15, 0.2) is 0 Å². The third kappa shape index (κ3) is 10.2. The minimum atomic E-state index is 1.09. The molecule has 0 radical (unpaired) electrons. The molecule has 0 unspecified atom stereocenters. The summed E-state index contributed by atoms with van der Waals surface area (Å²) in [5.74, 6) is 0. The minimum absolute atomic E-state index is 1.09. The number of anilines is 6. The maximum atomic E-state index is 2.40. The zero-order valence-corrected chi connectivity index (χ0v) is 45.3. The van der Waals surface area contributed by atoms with Crippen molar-refractivity contribution in [3.8, 4) is 0 Å². The van der Waals surface area contributed by atoms with Crippen LogP contribution >= 0.6 is 0 Å². The van der Waals surface area contributed by atoms with Gasteiger partial charge in [0.25, 0.3) is 0 Å². The number of fused-ring (bicyclic) bond motifs is 6. The van der Waals surface area contributed by atoms with Gasteiger partial charge in [-0.15, -0.1) is 0 Å². The van der Waals surface area contributed by atoms with Crippen molar-refractivity contribution in [2.24, 2.45) is 0 Å². The van der Waals surface area contributed by atoms with Crippen molar-refractivity contribution in [2.45, 2.75) is 41.5 Å². The molecule has 0 N–H and O–H groups in total. The number of hydrogen-bond acceptors (Lipinski definition) is 2. The van der Waals surface area contributed by atoms with E-state index in [0.29, 0.717) is 0 Å². The summed E-state index contributed by atoms with van der Waals surface area (Å²) in [7, 11) is 0. The van der Waals surface area contributed by atoms with Gasteiger partial charge in [-0.3, -0.25) is 0 Å². The first kappa shape index (κ1) is 49.4. The molecule has 2 nitrogen and oxygen atoms in total. The molecule has 0 aliphatic rings. The first-order chi connectivity index (χ1) is 38.1. The highest BCUT2D eigenvalue weighted by Crippen LogP contribution is 2.44. The van der Waals surface area contributed by atoms with E-state index in [2.05, 4.69) is 318 Å². The lowest BCUT2D eigenvalue weighted by molar-refractivity contribution is 1.28. The van der Waals surface area contributed by atoms with E-state index in [4.69, 9.17) is 0 Å². The van der Waals surface area contributed by atoms with Crippen LogP contribution in [0.25, 0.3) is 55.6 Å². The highest BCUT2D eigenvalue weighted by atomic mass is 15.1. The van der Waals surface area contributed by atoms with Crippen molar-refractivity contribution < 1.29 is 0 Å². The standard InChI is InChI=1S/C76H62N2/c1-51-11-27-59(28-12-51)73(60-29-13-52(2)14-30-60)47-57-23-39-65(40-24-57)77(63-35-19-55(5)20-36-63)67-43-45-71-69-9-7-8-10-70(69)75-49-68(44-46-72(75)76(71)50-67)78(64-37-21-56(6)22-38-64)66-41-25-58(26-42-66)48-74(61-31-15-53(3)16-32-61)62-33-17-54(4)18-34-62/h7-50H,1-6H3. The molecule has 0 saturated heterocycles. The van der Waals surface area contributed by atoms with Crippen LogP contribution in [0.3, 0.4) is 0 Å². The van der Waals surface area contributed by atoms with Crippen LogP contribution in [0.5, 0.6) is 0 Å². The van der Waals surface area contributed by atoms with Gasteiger partial charge in [0.05, 0.1) is 0 Å². The van der Waals surface area contributed by atoms with E-state index in [1.54, 1.807) is 0 Å². The molecule has 12 aromatic carbocycles. The summed E-state index contributed by atoms with van der Waals surface area (Å²) in [5.41, 5.74) is 23.5. The molecule has 78 heavy (non-hydrogen) atoms. The predicted molar refractivity (Wildman–Crippen MR) is 336 cm³/mol. The predicted octanol–water partition coefficient (Wildman–Crippen LogP) is 21.1. The SMILES string of the molecule is Cc1ccc(C(=Cc2ccc(N(c3ccc(C)cc3)c3ccc4c(c3)c3ccccc3c3ccc(N(c5ccc(C)cc5)c5ccc(C=C(c6ccc(C)cc6)c6ccc(C)cc6)cc5)cc34)cc2)c2ccc(C)cc2)cc1. The molecule has 376 valence electrons. The van der Waals surface area contributed by atoms with Crippen LogP contribution in [0.1, 0.15) is 66.8 Å². The van der Waals surface area contributed by atoms with Gasteiger partial charge in [0.2, 0.25) is 0 Å². The van der Waals surface area contributed by atoms with Crippen molar-refractivity contribution in [1.29, 1.82) is 0 Å². The molecular formula is C76H62N2. The van der Waals surface area contributed by atoms with Crippen molar-refractivity contribution in [1.82, 2.24) is 0 Å². The van der Waals surface area contributed by atoms with E-state index in [9.17, 15) is 0 Å². The van der Waals surface area contributed by atoms with E-state index in [1.807, 2.05) is 0 Å². The van der Waals surface area contributed by atoms with Gasteiger partial charge >= 0.3 is 0 Å². The summed E-state index contributed by atoms with van der Waals surface area (Å²) in [4.78, 5) is 4.79. The van der Waals surface area contributed by atoms with Gasteiger partial charge in [-0.2, -0.15) is 0 Å². The Morgan fingerprint density at radius 2 is 0.462 bits per heavy atom. The Balaban J connectivity index is 0.959. The number of rotatable bonds is 12. The second kappa shape index (κ2) is 21.3. The summed E-state index contributed by atoms with van der Waals surface area (Å²) in [6, 6.07) is 94.2. The highest BCUT2D eigenvalue weighted by molar-refractivity contribution is 6.26. The van der Waals surface area contributed by atoms with E-state index in [1.165, 1.54) is 99.1 Å². The summed E-state index contributed by atoms with van der Waals surface area (Å²) in [5, 5.41) is 7.32. The van der Waals surface area contributed by atoms with Crippen molar-refractivity contribution in [3.05, 3.63) is 322 Å². The molecule has 0 aliphatic heterocycles. The Morgan fingerprint density at radius 3 is 0.769 bits per heavy atom. The molecule has 2 heteroatoms. The molecule has 0 spiro atoms. The topological polar surface area (TPSA) is 6.48 Å². The van der Waals surface area contributed by atoms with Gasteiger partial charge in [0.1, 0.15) is 0 Å². The van der Waals surface area contributed by atoms with Crippen LogP contribution in [0.4, 0.5) is 34.1 Å². The van der Waals surface area contributed by atoms with Gasteiger partial charge < -0.3 is 9.80 Å². The third-order valence-electron chi connectivity index (χ3n) is 15.3. The van der Waals surface area contributed by atoms with Gasteiger partial charge in [-0.1, -0.05) is 215 Å². The quantitative estimate of drug-likeness (QED) is 0.0889. The monoisotopic (exact) mass is 1000 g/mol. The lowest BCUT2D eigenvalue weighted by Crippen LogP contribution is -2.10. The summed E-state index contributed by atoms with van der Waals surface area (Å²) in [6.07, 6.45) is 4.64. The fraction of sp³-hybridized carbons (Fsp3) is 0.0789. The highest BCUT2D eigenvalue weighted by Gasteiger charge is 2.19. The molecule has 0 aromatic heterocycles. The second-order valence-electron chi connectivity index (χ2n) is 21.1. The maximum Gasteiger partial charge on any atom is 0.0468 e. The molecule has 0 fully saturated rings. The van der Waals surface area contributed by atoms with Gasteiger partial charge in [0, 0.05) is 34.1 Å². The van der Waals surface area contributed by atoms with Gasteiger partial charge in [-0.25, -0.2) is 0 Å². The number of nitrogens with zero attached hydrogens (tertiary/aromatic N) is 2. The van der Waals surface area contributed by atoms with Crippen molar-refractivity contribution in [2.75, 3.05) is 9.80 Å². The molecule has 0 heterocycles. The van der Waals surface area contributed by atoms with Crippen molar-refractivity contribution in [3.63, 3.8) is 0 Å². The molecule has 0 aliphatic carbocycles. The van der Waals surface area contributed by atoms with Crippen molar-refractivity contribution >= 4 is 89.7 Å². The fourth-order valence-electron chi connectivity index (χ4n) is 10.9. The summed E-state index contributed by atoms with van der Waals surface area (Å²) in [6.45, 7) is 12.9. The average Bonchev–Trinajstić information content (AvgIpc) is 3.66. The van der Waals surface area contributed by atoms with Crippen LogP contribution in [0.15, 0.2) is 255 Å². The van der Waals surface area contributed by atoms with Crippen LogP contribution < -0.4 is 9.80 Å². The fourth-order valence-corrected chi connectivity index (χ4v) is 10.9. The zero-order chi connectivity index (χ0) is 53.3. The number of hydrogen-bond donors (Lipinski definition) is 0. The Hall–Kier alpha value is -9.50. The van der Waals surface area contributed by atoms with Crippen LogP contribution in [-0.2, 0) is 0 Å². The molecule has 0 atom stereocenters. The van der Waals surface area contributed by atoms with E-state index >= 15 is 0 Å². The zero-order valence-electron chi connectivity index (χ0n) is 45.3. The Kier molecular flexibility index (Phi) is 13.5. The lowest BCUT2D eigenvalue weighted by atomic mass is 9.93. The molecule has 12 rings (SSSR count). The Bertz CT molecular complexity index is 3840. The Morgan fingerprint density at radius 1 is 0.231 bits per heavy atom. The Labute approximate surface area is 460 Å². The first-order valence-electron chi connectivity index (χ1n) is 27.1. The third-order valence-corrected chi connectivity index (χ3v) is 15.3. The summed E-state index contributed by atoms with van der Waals surface area (Å²) < 4.78 is 0. The van der Waals surface area contributed by atoms with Crippen LogP contribution in [0, 0.1) is 41.5 Å². The molecular weight excluding hydrogens is 941 g/mol. The summed E-state index contributed by atoms with van der Waals surface area (Å²) >= 11 is 0. The van der Waals surface area contributed by atoms with E-state index in [-0.39, 0.29) is 0 Å². The van der Waals surface area contributed by atoms with E-state index < -0.39 is 0 Å². The molecule has 12 aromatic rings. The minimum Gasteiger partial charge on any atom is -0.310 e. The average molecular weight is 1000 g/mol. The molecule has 0 saturated carbocycles. The largest absolute Gasteiger partial charge is 0.310 e. The van der Waals surface area contributed by atoms with E-state index in [0.717, 1.165) is 45.3 Å². The van der Waals surface area contributed by atoms with Gasteiger partial charge in [-0.05, 0) is 203 Å². The maximum absolute atomic E-state index is 2.40. The first-order valence-corrected chi connectivity index (χ1v) is 27.1. The second-order valence-corrected chi connectivity index (χ2v) is 21.1. The normalized spacial score (nSPS) is 11.2. The number of aryl methyl sites for hydroxylation is 6.